The number of thiazole rings is 1. The molecule has 1 aromatic carbocycles. The van der Waals surface area contributed by atoms with E-state index in [0.717, 1.165) is 10.4 Å². The van der Waals surface area contributed by atoms with Crippen LogP contribution in [-0.2, 0) is 16.1 Å². The van der Waals surface area contributed by atoms with Crippen molar-refractivity contribution in [3.05, 3.63) is 62.8 Å². The van der Waals surface area contributed by atoms with E-state index in [2.05, 4.69) is 10.3 Å². The lowest BCUT2D eigenvalue weighted by atomic mass is 10.2. The zero-order valence-corrected chi connectivity index (χ0v) is 16.2. The van der Waals surface area contributed by atoms with Crippen molar-refractivity contribution in [2.75, 3.05) is 0 Å². The fraction of sp³-hybridized carbons (Fsp3) is 0.167. The fourth-order valence-corrected chi connectivity index (χ4v) is 3.75. The minimum absolute atomic E-state index is 0.169. The average Bonchev–Trinajstić information content (AvgIpc) is 3.31. The summed E-state index contributed by atoms with van der Waals surface area (Å²) in [6, 6.07) is 11.1. The molecule has 0 saturated heterocycles. The summed E-state index contributed by atoms with van der Waals surface area (Å²) in [7, 11) is 0. The molecule has 0 aliphatic rings. The standard InChI is InChI=1S/C18H15ClN2O3S2/c1-11(16(22)20-9-14-6-3-7-25-14)24-18(23)15-10-26-17(21-15)12-4-2-5-13(19)8-12/h2-8,10-11H,9H2,1H3,(H,20,22)/t11-/m1/s1. The molecule has 1 amide bonds. The number of aromatic nitrogens is 1. The number of carbonyl (C=O) groups excluding carboxylic acids is 2. The number of nitrogens with one attached hydrogen (secondary N) is 1. The quantitative estimate of drug-likeness (QED) is 0.616. The van der Waals surface area contributed by atoms with Gasteiger partial charge in [-0.1, -0.05) is 29.8 Å². The van der Waals surface area contributed by atoms with E-state index in [1.165, 1.54) is 18.3 Å². The van der Waals surface area contributed by atoms with Crippen molar-refractivity contribution in [3.63, 3.8) is 0 Å². The monoisotopic (exact) mass is 406 g/mol. The number of thiophene rings is 1. The molecule has 0 aliphatic carbocycles. The largest absolute Gasteiger partial charge is 0.448 e. The molecule has 0 spiro atoms. The Morgan fingerprint density at radius 2 is 2.12 bits per heavy atom. The number of benzene rings is 1. The van der Waals surface area contributed by atoms with Crippen LogP contribution in [0, 0.1) is 0 Å². The molecular weight excluding hydrogens is 392 g/mol. The minimum atomic E-state index is -0.904. The number of hydrogen-bond donors (Lipinski definition) is 1. The number of nitrogens with zero attached hydrogens (tertiary/aromatic N) is 1. The van der Waals surface area contributed by atoms with Crippen molar-refractivity contribution < 1.29 is 14.3 Å². The van der Waals surface area contributed by atoms with Crippen LogP contribution in [0.2, 0.25) is 5.02 Å². The molecule has 2 heterocycles. The van der Waals surface area contributed by atoms with Crippen molar-refractivity contribution >= 4 is 46.2 Å². The Balaban J connectivity index is 1.58. The van der Waals surface area contributed by atoms with Gasteiger partial charge in [0.25, 0.3) is 5.91 Å². The topological polar surface area (TPSA) is 68.3 Å². The Bertz CT molecular complexity index is 909. The summed E-state index contributed by atoms with van der Waals surface area (Å²) in [6.07, 6.45) is -0.904. The summed E-state index contributed by atoms with van der Waals surface area (Å²) in [5, 5.41) is 7.54. The molecule has 0 bridgehead atoms. The zero-order chi connectivity index (χ0) is 18.5. The highest BCUT2D eigenvalue weighted by molar-refractivity contribution is 7.13. The minimum Gasteiger partial charge on any atom is -0.448 e. The highest BCUT2D eigenvalue weighted by atomic mass is 35.5. The summed E-state index contributed by atoms with van der Waals surface area (Å²) in [5.74, 6) is -0.981. The highest BCUT2D eigenvalue weighted by Gasteiger charge is 2.21. The molecule has 26 heavy (non-hydrogen) atoms. The first-order chi connectivity index (χ1) is 12.5. The van der Waals surface area contributed by atoms with Gasteiger partial charge >= 0.3 is 5.97 Å². The zero-order valence-electron chi connectivity index (χ0n) is 13.8. The van der Waals surface area contributed by atoms with Gasteiger partial charge in [-0.2, -0.15) is 0 Å². The van der Waals surface area contributed by atoms with Crippen molar-refractivity contribution in [1.29, 1.82) is 0 Å². The normalized spacial score (nSPS) is 11.8. The van der Waals surface area contributed by atoms with Gasteiger partial charge in [0.05, 0.1) is 6.54 Å². The number of hydrogen-bond acceptors (Lipinski definition) is 6. The van der Waals surface area contributed by atoms with Gasteiger partial charge in [-0.25, -0.2) is 9.78 Å². The van der Waals surface area contributed by atoms with Gasteiger partial charge in [0.15, 0.2) is 11.8 Å². The van der Waals surface area contributed by atoms with Crippen molar-refractivity contribution in [3.8, 4) is 10.6 Å². The predicted octanol–water partition coefficient (Wildman–Crippen LogP) is 4.39. The molecule has 0 radical (unpaired) electrons. The maximum atomic E-state index is 12.2. The lowest BCUT2D eigenvalue weighted by Gasteiger charge is -2.12. The van der Waals surface area contributed by atoms with Crippen LogP contribution < -0.4 is 5.32 Å². The maximum Gasteiger partial charge on any atom is 0.358 e. The molecule has 3 aromatic rings. The van der Waals surface area contributed by atoms with Crippen LogP contribution in [0.5, 0.6) is 0 Å². The van der Waals surface area contributed by atoms with E-state index in [4.69, 9.17) is 16.3 Å². The maximum absolute atomic E-state index is 12.2. The number of rotatable bonds is 6. The van der Waals surface area contributed by atoms with Gasteiger partial charge in [0.2, 0.25) is 0 Å². The summed E-state index contributed by atoms with van der Waals surface area (Å²) in [6.45, 7) is 1.94. The third-order valence-corrected chi connectivity index (χ3v) is 5.46. The smallest absolute Gasteiger partial charge is 0.358 e. The Morgan fingerprint density at radius 3 is 2.85 bits per heavy atom. The predicted molar refractivity (Wildman–Crippen MR) is 104 cm³/mol. The van der Waals surface area contributed by atoms with Crippen LogP contribution in [0.25, 0.3) is 10.6 Å². The third-order valence-electron chi connectivity index (χ3n) is 3.45. The average molecular weight is 407 g/mol. The van der Waals surface area contributed by atoms with E-state index >= 15 is 0 Å². The first-order valence-electron chi connectivity index (χ1n) is 7.75. The molecule has 0 aliphatic heterocycles. The van der Waals surface area contributed by atoms with Crippen LogP contribution in [0.4, 0.5) is 0 Å². The molecule has 3 rings (SSSR count). The van der Waals surface area contributed by atoms with E-state index in [9.17, 15) is 9.59 Å². The number of halogens is 1. The van der Waals surface area contributed by atoms with E-state index in [1.54, 1.807) is 28.8 Å². The first-order valence-corrected chi connectivity index (χ1v) is 9.89. The lowest BCUT2D eigenvalue weighted by Crippen LogP contribution is -2.35. The second-order valence-electron chi connectivity index (χ2n) is 5.39. The number of ether oxygens (including phenoxy) is 1. The van der Waals surface area contributed by atoms with Crippen LogP contribution in [0.15, 0.2) is 47.2 Å². The Kier molecular flexibility index (Phi) is 6.03. The number of esters is 1. The first kappa shape index (κ1) is 18.6. The van der Waals surface area contributed by atoms with Gasteiger partial charge in [0, 0.05) is 20.8 Å². The van der Waals surface area contributed by atoms with Crippen molar-refractivity contribution in [2.24, 2.45) is 0 Å². The van der Waals surface area contributed by atoms with Gasteiger partial charge in [-0.05, 0) is 30.5 Å². The molecule has 8 heteroatoms. The fourth-order valence-electron chi connectivity index (χ4n) is 2.13. The van der Waals surface area contributed by atoms with Gasteiger partial charge in [0.1, 0.15) is 5.01 Å². The van der Waals surface area contributed by atoms with E-state index in [1.807, 2.05) is 29.6 Å². The second kappa shape index (κ2) is 8.44. The number of carbonyl (C=O) groups is 2. The summed E-state index contributed by atoms with van der Waals surface area (Å²) >= 11 is 8.84. The van der Waals surface area contributed by atoms with Crippen LogP contribution in [0.3, 0.4) is 0 Å². The van der Waals surface area contributed by atoms with Crippen LogP contribution >= 0.6 is 34.3 Å². The third kappa shape index (κ3) is 4.69. The molecule has 0 fully saturated rings. The van der Waals surface area contributed by atoms with Crippen LogP contribution in [0.1, 0.15) is 22.3 Å². The Hall–Kier alpha value is -2.22. The van der Waals surface area contributed by atoms with Crippen LogP contribution in [-0.4, -0.2) is 23.0 Å². The Morgan fingerprint density at radius 1 is 1.27 bits per heavy atom. The highest BCUT2D eigenvalue weighted by Crippen LogP contribution is 2.26. The van der Waals surface area contributed by atoms with E-state index < -0.39 is 12.1 Å². The summed E-state index contributed by atoms with van der Waals surface area (Å²) in [4.78, 5) is 29.6. The van der Waals surface area contributed by atoms with Crippen molar-refractivity contribution in [2.45, 2.75) is 19.6 Å². The molecule has 5 nitrogen and oxygen atoms in total. The van der Waals surface area contributed by atoms with E-state index in [-0.39, 0.29) is 11.6 Å². The molecule has 1 N–H and O–H groups in total. The van der Waals surface area contributed by atoms with E-state index in [0.29, 0.717) is 16.6 Å². The summed E-state index contributed by atoms with van der Waals surface area (Å²) < 4.78 is 5.21. The number of amides is 1. The molecule has 0 unspecified atom stereocenters. The molecular formula is C18H15ClN2O3S2. The molecule has 0 saturated carbocycles. The molecule has 1 atom stereocenters. The van der Waals surface area contributed by atoms with Crippen molar-refractivity contribution in [1.82, 2.24) is 10.3 Å². The lowest BCUT2D eigenvalue weighted by molar-refractivity contribution is -0.129. The SMILES string of the molecule is C[C@@H](OC(=O)c1csc(-c2cccc(Cl)c2)n1)C(=O)NCc1cccs1. The second-order valence-corrected chi connectivity index (χ2v) is 7.72. The Labute approximate surface area is 163 Å². The summed E-state index contributed by atoms with van der Waals surface area (Å²) in [5.41, 5.74) is 0.992. The molecule has 134 valence electrons. The van der Waals surface area contributed by atoms with Gasteiger partial charge in [-0.3, -0.25) is 4.79 Å². The van der Waals surface area contributed by atoms with Gasteiger partial charge < -0.3 is 10.1 Å². The van der Waals surface area contributed by atoms with Gasteiger partial charge in [-0.15, -0.1) is 22.7 Å². The molecule has 2 aromatic heterocycles.